The second-order valence-corrected chi connectivity index (χ2v) is 5.03. The van der Waals surface area contributed by atoms with Crippen molar-refractivity contribution in [2.24, 2.45) is 7.05 Å². The summed E-state index contributed by atoms with van der Waals surface area (Å²) in [6.07, 6.45) is 0. The van der Waals surface area contributed by atoms with Crippen molar-refractivity contribution in [1.82, 2.24) is 24.7 Å². The average Bonchev–Trinajstić information content (AvgIpc) is 3.00. The minimum Gasteiger partial charge on any atom is -0.366 e. The standard InChI is InChI=1S/C14H15N7O2/c1-7-10(18-14(23)16-7)11(22)8-3-5-9(6-4-8)17-13-19-12(15)20-21(13)2/h3-6H,1-2H3,(H2,16,18,23)(H3,15,17,19,20). The number of aromatic nitrogens is 5. The highest BCUT2D eigenvalue weighted by Crippen LogP contribution is 2.17. The molecular weight excluding hydrogens is 298 g/mol. The van der Waals surface area contributed by atoms with Crippen molar-refractivity contribution >= 4 is 23.4 Å². The van der Waals surface area contributed by atoms with Gasteiger partial charge in [-0.25, -0.2) is 9.48 Å². The number of nitrogen functional groups attached to an aromatic ring is 1. The van der Waals surface area contributed by atoms with Crippen LogP contribution in [-0.2, 0) is 7.05 Å². The van der Waals surface area contributed by atoms with Gasteiger partial charge in [0.05, 0.1) is 0 Å². The molecule has 0 bridgehead atoms. The first-order valence-electron chi connectivity index (χ1n) is 6.81. The SMILES string of the molecule is Cc1[nH]c(=O)[nH]c1C(=O)c1ccc(Nc2nc(N)nn2C)cc1. The number of carbonyl (C=O) groups is 1. The maximum Gasteiger partial charge on any atom is 0.323 e. The van der Waals surface area contributed by atoms with Gasteiger partial charge in [0.2, 0.25) is 17.7 Å². The normalized spacial score (nSPS) is 10.7. The van der Waals surface area contributed by atoms with Crippen molar-refractivity contribution in [2.75, 3.05) is 11.1 Å². The van der Waals surface area contributed by atoms with E-state index in [1.165, 1.54) is 4.68 Å². The van der Waals surface area contributed by atoms with Crippen molar-refractivity contribution < 1.29 is 4.79 Å². The minimum absolute atomic E-state index is 0.175. The summed E-state index contributed by atoms with van der Waals surface area (Å²) in [4.78, 5) is 32.7. The first-order chi connectivity index (χ1) is 10.9. The number of ketones is 1. The highest BCUT2D eigenvalue weighted by Gasteiger charge is 2.14. The molecule has 23 heavy (non-hydrogen) atoms. The van der Waals surface area contributed by atoms with Crippen LogP contribution in [-0.4, -0.2) is 30.5 Å². The lowest BCUT2D eigenvalue weighted by Gasteiger charge is -2.06. The van der Waals surface area contributed by atoms with Crippen molar-refractivity contribution in [3.63, 3.8) is 0 Å². The number of hydrogen-bond acceptors (Lipinski definition) is 6. The third-order valence-corrected chi connectivity index (χ3v) is 3.32. The maximum atomic E-state index is 12.4. The molecule has 0 spiro atoms. The van der Waals surface area contributed by atoms with Crippen molar-refractivity contribution in [3.05, 3.63) is 51.7 Å². The Kier molecular flexibility index (Phi) is 3.45. The molecule has 3 aromatic rings. The molecule has 0 radical (unpaired) electrons. The van der Waals surface area contributed by atoms with Crippen LogP contribution < -0.4 is 16.7 Å². The summed E-state index contributed by atoms with van der Waals surface area (Å²) in [5.74, 6) is 0.413. The Bertz CT molecular complexity index is 918. The summed E-state index contributed by atoms with van der Waals surface area (Å²) < 4.78 is 1.52. The molecule has 2 heterocycles. The summed E-state index contributed by atoms with van der Waals surface area (Å²) in [7, 11) is 1.72. The maximum absolute atomic E-state index is 12.4. The number of H-pyrrole nitrogens is 2. The van der Waals surface area contributed by atoms with E-state index in [4.69, 9.17) is 5.73 Å². The van der Waals surface area contributed by atoms with Crippen LogP contribution in [0.4, 0.5) is 17.6 Å². The van der Waals surface area contributed by atoms with Crippen LogP contribution in [0.3, 0.4) is 0 Å². The smallest absolute Gasteiger partial charge is 0.323 e. The van der Waals surface area contributed by atoms with E-state index in [-0.39, 0.29) is 17.4 Å². The quantitative estimate of drug-likeness (QED) is 0.524. The molecule has 3 rings (SSSR count). The number of aryl methyl sites for hydroxylation is 2. The number of benzene rings is 1. The van der Waals surface area contributed by atoms with E-state index in [2.05, 4.69) is 25.4 Å². The predicted molar refractivity (Wildman–Crippen MR) is 84.7 cm³/mol. The summed E-state index contributed by atoms with van der Waals surface area (Å²) in [5.41, 5.74) is 7.09. The van der Waals surface area contributed by atoms with Crippen LogP contribution in [0.1, 0.15) is 21.7 Å². The lowest BCUT2D eigenvalue weighted by atomic mass is 10.1. The number of anilines is 3. The first kappa shape index (κ1) is 14.6. The van der Waals surface area contributed by atoms with Crippen LogP contribution in [0, 0.1) is 6.92 Å². The van der Waals surface area contributed by atoms with Crippen LogP contribution in [0.25, 0.3) is 0 Å². The van der Waals surface area contributed by atoms with Crippen molar-refractivity contribution in [3.8, 4) is 0 Å². The zero-order valence-electron chi connectivity index (χ0n) is 12.5. The molecule has 1 aromatic carbocycles. The molecule has 118 valence electrons. The molecule has 0 amide bonds. The zero-order valence-corrected chi connectivity index (χ0v) is 12.5. The molecule has 9 nitrogen and oxygen atoms in total. The van der Waals surface area contributed by atoms with Crippen LogP contribution in [0.2, 0.25) is 0 Å². The Labute approximate surface area is 130 Å². The van der Waals surface area contributed by atoms with Gasteiger partial charge in [0.1, 0.15) is 5.69 Å². The van der Waals surface area contributed by atoms with Gasteiger partial charge >= 0.3 is 5.69 Å². The second-order valence-electron chi connectivity index (χ2n) is 5.03. The molecule has 0 unspecified atom stereocenters. The first-order valence-corrected chi connectivity index (χ1v) is 6.81. The molecule has 0 aliphatic carbocycles. The van der Waals surface area contributed by atoms with Gasteiger partial charge in [-0.05, 0) is 31.2 Å². The predicted octanol–water partition coefficient (Wildman–Crippen LogP) is 0.697. The number of imidazole rings is 1. The Morgan fingerprint density at radius 1 is 1.26 bits per heavy atom. The van der Waals surface area contributed by atoms with Gasteiger partial charge < -0.3 is 21.0 Å². The van der Waals surface area contributed by atoms with Gasteiger partial charge in [-0.3, -0.25) is 4.79 Å². The molecule has 0 fully saturated rings. The molecule has 5 N–H and O–H groups in total. The molecule has 0 atom stereocenters. The monoisotopic (exact) mass is 313 g/mol. The highest BCUT2D eigenvalue weighted by molar-refractivity contribution is 6.08. The number of hydrogen-bond donors (Lipinski definition) is 4. The molecule has 0 aliphatic heterocycles. The Hall–Kier alpha value is -3.36. The summed E-state index contributed by atoms with van der Waals surface area (Å²) >= 11 is 0. The van der Waals surface area contributed by atoms with Gasteiger partial charge in [-0.15, -0.1) is 5.10 Å². The fourth-order valence-electron chi connectivity index (χ4n) is 2.19. The van der Waals surface area contributed by atoms with Crippen LogP contribution in [0.15, 0.2) is 29.1 Å². The lowest BCUT2D eigenvalue weighted by molar-refractivity contribution is 0.103. The zero-order chi connectivity index (χ0) is 16.6. The average molecular weight is 313 g/mol. The molecule has 0 aliphatic rings. The molecule has 9 heteroatoms. The third kappa shape index (κ3) is 2.84. The highest BCUT2D eigenvalue weighted by atomic mass is 16.1. The van der Waals surface area contributed by atoms with Gasteiger partial charge in [0.15, 0.2) is 0 Å². The summed E-state index contributed by atoms with van der Waals surface area (Å²) in [6, 6.07) is 6.79. The topological polar surface area (TPSA) is 134 Å². The van der Waals surface area contributed by atoms with Crippen LogP contribution in [0.5, 0.6) is 0 Å². The molecule has 0 saturated heterocycles. The fourth-order valence-corrected chi connectivity index (χ4v) is 2.19. The number of nitrogens with zero attached hydrogens (tertiary/aromatic N) is 3. The molecular formula is C14H15N7O2. The fraction of sp³-hybridized carbons (Fsp3) is 0.143. The number of rotatable bonds is 4. The molecule has 0 saturated carbocycles. The van der Waals surface area contributed by atoms with E-state index < -0.39 is 5.69 Å². The van der Waals surface area contributed by atoms with E-state index in [0.717, 1.165) is 5.69 Å². The minimum atomic E-state index is -0.399. The molecule has 2 aromatic heterocycles. The Morgan fingerprint density at radius 2 is 1.96 bits per heavy atom. The van der Waals surface area contributed by atoms with Gasteiger partial charge in [-0.1, -0.05) is 0 Å². The van der Waals surface area contributed by atoms with Crippen LogP contribution >= 0.6 is 0 Å². The van der Waals surface area contributed by atoms with Gasteiger partial charge in [0.25, 0.3) is 0 Å². The Balaban J connectivity index is 1.82. The van der Waals surface area contributed by atoms with E-state index >= 15 is 0 Å². The van der Waals surface area contributed by atoms with Crippen molar-refractivity contribution in [1.29, 1.82) is 0 Å². The largest absolute Gasteiger partial charge is 0.366 e. The van der Waals surface area contributed by atoms with Gasteiger partial charge in [-0.2, -0.15) is 4.98 Å². The van der Waals surface area contributed by atoms with Crippen molar-refractivity contribution in [2.45, 2.75) is 6.92 Å². The third-order valence-electron chi connectivity index (χ3n) is 3.32. The number of aromatic amines is 2. The second kappa shape index (κ2) is 5.44. The van der Waals surface area contributed by atoms with Gasteiger partial charge in [0, 0.05) is 24.0 Å². The summed E-state index contributed by atoms with van der Waals surface area (Å²) in [5, 5.41) is 6.98. The van der Waals surface area contributed by atoms with E-state index in [1.807, 2.05) is 0 Å². The lowest BCUT2D eigenvalue weighted by Crippen LogP contribution is -2.07. The Morgan fingerprint density at radius 3 is 2.48 bits per heavy atom. The number of nitrogens with one attached hydrogen (secondary N) is 3. The number of carbonyl (C=O) groups excluding carboxylic acids is 1. The van der Waals surface area contributed by atoms with E-state index in [9.17, 15) is 9.59 Å². The van der Waals surface area contributed by atoms with E-state index in [0.29, 0.717) is 17.2 Å². The number of nitrogens with two attached hydrogens (primary N) is 1. The summed E-state index contributed by atoms with van der Waals surface area (Å²) in [6.45, 7) is 1.67. The van der Waals surface area contributed by atoms with E-state index in [1.54, 1.807) is 38.2 Å².